The van der Waals surface area contributed by atoms with Crippen LogP contribution in [0.25, 0.3) is 0 Å². The number of hydrogen-bond acceptors (Lipinski definition) is 1. The number of rotatable bonds is 4. The highest BCUT2D eigenvalue weighted by Crippen LogP contribution is 1.87. The van der Waals surface area contributed by atoms with Gasteiger partial charge in [-0.2, -0.15) is 0 Å². The van der Waals surface area contributed by atoms with Crippen LogP contribution in [-0.4, -0.2) is 18.6 Å². The van der Waals surface area contributed by atoms with Gasteiger partial charge in [-0.25, -0.2) is 0 Å². The Kier molecular flexibility index (Phi) is 6.11. The molecule has 0 aliphatic carbocycles. The number of ether oxygens (including phenoxy) is 1. The molecule has 0 aliphatic rings. The zero-order valence-electron chi connectivity index (χ0n) is 5.93. The summed E-state index contributed by atoms with van der Waals surface area (Å²) in [5.41, 5.74) is 0. The molecule has 0 saturated carbocycles. The molecule has 0 amide bonds. The molecule has 0 radical (unpaired) electrons. The van der Waals surface area contributed by atoms with E-state index in [1.54, 1.807) is 0 Å². The van der Waals surface area contributed by atoms with Gasteiger partial charge in [-0.3, -0.25) is 0 Å². The molecule has 0 bridgehead atoms. The molecule has 0 spiro atoms. The highest BCUT2D eigenvalue weighted by molar-refractivity contribution is 6.18. The van der Waals surface area contributed by atoms with Gasteiger partial charge in [0.25, 0.3) is 0 Å². The van der Waals surface area contributed by atoms with Crippen molar-refractivity contribution >= 4 is 11.6 Å². The Balaban J connectivity index is 2.99. The molecular formula is C7H13ClO. The maximum Gasteiger partial charge on any atom is 0.0651 e. The van der Waals surface area contributed by atoms with Crippen LogP contribution in [0.15, 0.2) is 12.2 Å². The molecule has 0 unspecified atom stereocenters. The van der Waals surface area contributed by atoms with E-state index in [1.165, 1.54) is 0 Å². The number of alkyl halides is 1. The van der Waals surface area contributed by atoms with Gasteiger partial charge in [0.1, 0.15) is 0 Å². The fourth-order valence-electron chi connectivity index (χ4n) is 0.379. The van der Waals surface area contributed by atoms with Crippen LogP contribution in [0.4, 0.5) is 0 Å². The zero-order chi connectivity index (χ0) is 7.11. The molecule has 0 aromatic heterocycles. The van der Waals surface area contributed by atoms with Gasteiger partial charge in [-0.15, -0.1) is 11.6 Å². The summed E-state index contributed by atoms with van der Waals surface area (Å²) in [7, 11) is 0. The van der Waals surface area contributed by atoms with Crippen molar-refractivity contribution in [2.24, 2.45) is 0 Å². The zero-order valence-corrected chi connectivity index (χ0v) is 6.69. The Hall–Kier alpha value is -0.0100. The predicted molar refractivity (Wildman–Crippen MR) is 40.9 cm³/mol. The van der Waals surface area contributed by atoms with E-state index >= 15 is 0 Å². The molecule has 2 heteroatoms. The van der Waals surface area contributed by atoms with E-state index in [0.29, 0.717) is 18.6 Å². The standard InChI is InChI=1S/C7H13ClO/c1-7(2)9-6-4-3-5-8/h3-4,7H,5-6H2,1-2H3. The third-order valence-electron chi connectivity index (χ3n) is 0.782. The summed E-state index contributed by atoms with van der Waals surface area (Å²) in [4.78, 5) is 0. The summed E-state index contributed by atoms with van der Waals surface area (Å²) < 4.78 is 5.20. The maximum atomic E-state index is 5.37. The molecule has 0 aromatic carbocycles. The van der Waals surface area contributed by atoms with Crippen LogP contribution < -0.4 is 0 Å². The molecule has 0 saturated heterocycles. The van der Waals surface area contributed by atoms with Crippen LogP contribution >= 0.6 is 11.6 Å². The van der Waals surface area contributed by atoms with Crippen LogP contribution in [-0.2, 0) is 4.74 Å². The first-order valence-corrected chi connectivity index (χ1v) is 3.63. The fraction of sp³-hybridized carbons (Fsp3) is 0.714. The van der Waals surface area contributed by atoms with Gasteiger partial charge in [0.15, 0.2) is 0 Å². The lowest BCUT2D eigenvalue weighted by Crippen LogP contribution is -2.01. The lowest BCUT2D eigenvalue weighted by atomic mass is 10.5. The number of halogens is 1. The highest BCUT2D eigenvalue weighted by Gasteiger charge is 1.86. The second-order valence-electron chi connectivity index (χ2n) is 2.01. The van der Waals surface area contributed by atoms with Crippen molar-refractivity contribution < 1.29 is 4.74 Å². The predicted octanol–water partition coefficient (Wildman–Crippen LogP) is 2.21. The van der Waals surface area contributed by atoms with Crippen LogP contribution in [0, 0.1) is 0 Å². The Labute approximate surface area is 61.7 Å². The molecule has 9 heavy (non-hydrogen) atoms. The molecule has 0 atom stereocenters. The molecule has 0 heterocycles. The largest absolute Gasteiger partial charge is 0.375 e. The van der Waals surface area contributed by atoms with Gasteiger partial charge in [0.05, 0.1) is 12.7 Å². The van der Waals surface area contributed by atoms with Gasteiger partial charge in [0.2, 0.25) is 0 Å². The van der Waals surface area contributed by atoms with Crippen LogP contribution in [0.2, 0.25) is 0 Å². The first kappa shape index (κ1) is 8.99. The molecule has 0 aliphatic heterocycles. The highest BCUT2D eigenvalue weighted by atomic mass is 35.5. The third-order valence-corrected chi connectivity index (χ3v) is 0.960. The van der Waals surface area contributed by atoms with E-state index < -0.39 is 0 Å². The second-order valence-corrected chi connectivity index (χ2v) is 2.32. The van der Waals surface area contributed by atoms with Crippen LogP contribution in [0.1, 0.15) is 13.8 Å². The molecule has 54 valence electrons. The molecule has 0 fully saturated rings. The third kappa shape index (κ3) is 7.99. The molecule has 0 aromatic rings. The molecular weight excluding hydrogens is 136 g/mol. The first-order chi connectivity index (χ1) is 4.27. The minimum Gasteiger partial charge on any atom is -0.375 e. The normalized spacial score (nSPS) is 11.6. The Morgan fingerprint density at radius 2 is 2.11 bits per heavy atom. The smallest absolute Gasteiger partial charge is 0.0651 e. The topological polar surface area (TPSA) is 9.23 Å². The van der Waals surface area contributed by atoms with E-state index in [4.69, 9.17) is 16.3 Å². The van der Waals surface area contributed by atoms with Crippen LogP contribution in [0.3, 0.4) is 0 Å². The van der Waals surface area contributed by atoms with Crippen molar-refractivity contribution in [2.45, 2.75) is 20.0 Å². The second kappa shape index (κ2) is 6.12. The van der Waals surface area contributed by atoms with Gasteiger partial charge >= 0.3 is 0 Å². The van der Waals surface area contributed by atoms with Crippen molar-refractivity contribution in [1.29, 1.82) is 0 Å². The Bertz CT molecular complexity index is 79.0. The van der Waals surface area contributed by atoms with Gasteiger partial charge < -0.3 is 4.74 Å². The van der Waals surface area contributed by atoms with E-state index in [-0.39, 0.29) is 0 Å². The average Bonchev–Trinajstić information content (AvgIpc) is 1.80. The van der Waals surface area contributed by atoms with Gasteiger partial charge in [-0.1, -0.05) is 12.2 Å². The molecule has 0 N–H and O–H groups in total. The van der Waals surface area contributed by atoms with E-state index in [2.05, 4.69) is 0 Å². The summed E-state index contributed by atoms with van der Waals surface area (Å²) in [6, 6.07) is 0. The molecule has 0 rings (SSSR count). The van der Waals surface area contributed by atoms with Crippen molar-refractivity contribution in [3.8, 4) is 0 Å². The average molecular weight is 149 g/mol. The summed E-state index contributed by atoms with van der Waals surface area (Å²) in [6.07, 6.45) is 4.11. The van der Waals surface area contributed by atoms with Crippen molar-refractivity contribution in [1.82, 2.24) is 0 Å². The number of allylic oxidation sites excluding steroid dienone is 1. The monoisotopic (exact) mass is 148 g/mol. The van der Waals surface area contributed by atoms with Gasteiger partial charge in [-0.05, 0) is 13.8 Å². The fourth-order valence-corrected chi connectivity index (χ4v) is 0.505. The summed E-state index contributed by atoms with van der Waals surface area (Å²) >= 11 is 5.37. The summed E-state index contributed by atoms with van der Waals surface area (Å²) in [5.74, 6) is 0.571. The number of hydrogen-bond donors (Lipinski definition) is 0. The summed E-state index contributed by atoms with van der Waals surface area (Å²) in [6.45, 7) is 4.69. The summed E-state index contributed by atoms with van der Waals surface area (Å²) in [5, 5.41) is 0. The van der Waals surface area contributed by atoms with Gasteiger partial charge in [0, 0.05) is 5.88 Å². The molecule has 1 nitrogen and oxygen atoms in total. The van der Waals surface area contributed by atoms with Crippen molar-refractivity contribution in [3.05, 3.63) is 12.2 Å². The quantitative estimate of drug-likeness (QED) is 0.439. The Morgan fingerprint density at radius 1 is 1.44 bits per heavy atom. The maximum absolute atomic E-state index is 5.37. The lowest BCUT2D eigenvalue weighted by Gasteiger charge is -2.01. The SMILES string of the molecule is CC(C)OCC=CCCl. The lowest BCUT2D eigenvalue weighted by molar-refractivity contribution is 0.102. The van der Waals surface area contributed by atoms with E-state index in [1.807, 2.05) is 26.0 Å². The first-order valence-electron chi connectivity index (χ1n) is 3.10. The van der Waals surface area contributed by atoms with Crippen molar-refractivity contribution in [2.75, 3.05) is 12.5 Å². The van der Waals surface area contributed by atoms with Crippen LogP contribution in [0.5, 0.6) is 0 Å². The minimum absolute atomic E-state index is 0.310. The van der Waals surface area contributed by atoms with Crippen molar-refractivity contribution in [3.63, 3.8) is 0 Å². The van der Waals surface area contributed by atoms with E-state index in [0.717, 1.165) is 0 Å². The minimum atomic E-state index is 0.310. The Morgan fingerprint density at radius 3 is 2.56 bits per heavy atom. The van der Waals surface area contributed by atoms with E-state index in [9.17, 15) is 0 Å².